The highest BCUT2D eigenvalue weighted by atomic mass is 16.2. The van der Waals surface area contributed by atoms with Crippen molar-refractivity contribution in [3.8, 4) is 16.8 Å². The minimum Gasteiger partial charge on any atom is -0.355 e. The number of rotatable bonds is 3. The van der Waals surface area contributed by atoms with Crippen LogP contribution in [-0.4, -0.2) is 32.1 Å². The molecule has 3 aromatic heterocycles. The molecule has 2 aromatic carbocycles. The third kappa shape index (κ3) is 2.98. The number of carbonyl (C=O) groups excluding carboxylic acids is 1. The van der Waals surface area contributed by atoms with Crippen molar-refractivity contribution in [1.29, 1.82) is 0 Å². The van der Waals surface area contributed by atoms with E-state index in [1.165, 1.54) is 0 Å². The van der Waals surface area contributed by atoms with Gasteiger partial charge in [-0.25, -0.2) is 4.79 Å². The van der Waals surface area contributed by atoms with Crippen molar-refractivity contribution in [1.82, 2.24) is 24.4 Å². The molecule has 0 atom stereocenters. The zero-order chi connectivity index (χ0) is 22.4. The molecule has 0 aliphatic heterocycles. The topological polar surface area (TPSA) is 81.8 Å². The number of aryl methyl sites for hydroxylation is 2. The van der Waals surface area contributed by atoms with Crippen molar-refractivity contribution >= 4 is 27.8 Å². The number of benzene rings is 2. The monoisotopic (exact) mass is 423 g/mol. The Morgan fingerprint density at radius 1 is 1.00 bits per heavy atom. The van der Waals surface area contributed by atoms with E-state index in [-0.39, 0.29) is 11.6 Å². The number of aromatic nitrogens is 4. The summed E-state index contributed by atoms with van der Waals surface area (Å²) < 4.78 is 3.32. The highest BCUT2D eigenvalue weighted by molar-refractivity contribution is 6.04. The van der Waals surface area contributed by atoms with E-state index in [1.54, 1.807) is 47.8 Å². The predicted octanol–water partition coefficient (Wildman–Crippen LogP) is 3.61. The Hall–Kier alpha value is -4.26. The van der Waals surface area contributed by atoms with Gasteiger partial charge in [-0.05, 0) is 54.4 Å². The first-order valence-electron chi connectivity index (χ1n) is 10.2. The normalized spacial score (nSPS) is 11.2. The maximum absolute atomic E-state index is 13.2. The molecule has 7 heteroatoms. The summed E-state index contributed by atoms with van der Waals surface area (Å²) in [4.78, 5) is 34.0. The molecule has 7 nitrogen and oxygen atoms in total. The third-order valence-electron chi connectivity index (χ3n) is 5.81. The lowest BCUT2D eigenvalue weighted by atomic mass is 10.0. The number of hydrogen-bond donors (Lipinski definition) is 1. The van der Waals surface area contributed by atoms with Gasteiger partial charge in [0.1, 0.15) is 0 Å². The van der Waals surface area contributed by atoms with E-state index in [4.69, 9.17) is 0 Å². The van der Waals surface area contributed by atoms with E-state index in [1.807, 2.05) is 49.4 Å². The minimum atomic E-state index is -0.147. The molecule has 0 bridgehead atoms. The summed E-state index contributed by atoms with van der Waals surface area (Å²) in [6.45, 7) is 1.89. The zero-order valence-electron chi connectivity index (χ0n) is 18.0. The summed E-state index contributed by atoms with van der Waals surface area (Å²) in [5, 5.41) is 3.50. The van der Waals surface area contributed by atoms with Gasteiger partial charge >= 0.3 is 5.69 Å². The maximum atomic E-state index is 13.2. The first kappa shape index (κ1) is 19.7. The van der Waals surface area contributed by atoms with Crippen LogP contribution in [0.25, 0.3) is 38.8 Å². The molecule has 0 unspecified atom stereocenters. The van der Waals surface area contributed by atoms with Crippen LogP contribution in [0.3, 0.4) is 0 Å². The second-order valence-electron chi connectivity index (χ2n) is 7.67. The van der Waals surface area contributed by atoms with E-state index in [0.717, 1.165) is 44.4 Å². The molecular formula is C25H21N5O2. The molecule has 0 aliphatic rings. The molecule has 5 aromatic rings. The highest BCUT2D eigenvalue weighted by Crippen LogP contribution is 2.30. The van der Waals surface area contributed by atoms with Gasteiger partial charge < -0.3 is 5.32 Å². The van der Waals surface area contributed by atoms with Crippen LogP contribution in [0, 0.1) is 6.92 Å². The molecule has 5 rings (SSSR count). The average Bonchev–Trinajstić information content (AvgIpc) is 3.09. The van der Waals surface area contributed by atoms with Crippen molar-refractivity contribution in [2.24, 2.45) is 7.05 Å². The third-order valence-corrected chi connectivity index (χ3v) is 5.81. The second kappa shape index (κ2) is 7.46. The standard InChI is InChI=1S/C25H21N5O2/c1-15-21(5-4-12-27-15)30-23-19-13-18(16-6-8-17(9-7-16)24(31)26-2)10-11-20(19)28-14-22(23)29(3)25(30)32/h4-14H,1-3H3,(H,26,31). The van der Waals surface area contributed by atoms with Crippen molar-refractivity contribution in [2.45, 2.75) is 6.92 Å². The highest BCUT2D eigenvalue weighted by Gasteiger charge is 2.18. The van der Waals surface area contributed by atoms with E-state index < -0.39 is 0 Å². The quantitative estimate of drug-likeness (QED) is 0.481. The van der Waals surface area contributed by atoms with Crippen LogP contribution < -0.4 is 11.0 Å². The van der Waals surface area contributed by atoms with Gasteiger partial charge in [-0.2, -0.15) is 0 Å². The average molecular weight is 423 g/mol. The summed E-state index contributed by atoms with van der Waals surface area (Å²) in [6, 6.07) is 17.2. The maximum Gasteiger partial charge on any atom is 0.333 e. The molecule has 1 amide bonds. The molecule has 0 radical (unpaired) electrons. The number of hydrogen-bond acceptors (Lipinski definition) is 4. The van der Waals surface area contributed by atoms with Gasteiger partial charge in [0.2, 0.25) is 0 Å². The smallest absolute Gasteiger partial charge is 0.333 e. The van der Waals surface area contributed by atoms with Crippen LogP contribution in [0.5, 0.6) is 0 Å². The van der Waals surface area contributed by atoms with Crippen molar-refractivity contribution in [3.05, 3.63) is 88.7 Å². The number of pyridine rings is 2. The van der Waals surface area contributed by atoms with Gasteiger partial charge in [-0.1, -0.05) is 18.2 Å². The molecule has 0 aliphatic carbocycles. The van der Waals surface area contributed by atoms with Crippen molar-refractivity contribution in [2.75, 3.05) is 7.05 Å². The van der Waals surface area contributed by atoms with Gasteiger partial charge in [0.25, 0.3) is 5.91 Å². The molecule has 158 valence electrons. The van der Waals surface area contributed by atoms with Crippen LogP contribution in [0.15, 0.2) is 71.8 Å². The summed E-state index contributed by atoms with van der Waals surface area (Å²) in [7, 11) is 3.36. The largest absolute Gasteiger partial charge is 0.355 e. The Bertz CT molecular complexity index is 1560. The van der Waals surface area contributed by atoms with Crippen LogP contribution in [0.4, 0.5) is 0 Å². The Balaban J connectivity index is 1.78. The Morgan fingerprint density at radius 2 is 1.75 bits per heavy atom. The Kier molecular flexibility index (Phi) is 4.59. The summed E-state index contributed by atoms with van der Waals surface area (Å²) in [6.07, 6.45) is 3.45. The molecule has 0 saturated heterocycles. The minimum absolute atomic E-state index is 0.124. The molecule has 0 spiro atoms. The molecule has 0 fully saturated rings. The lowest BCUT2D eigenvalue weighted by Gasteiger charge is -2.10. The second-order valence-corrected chi connectivity index (χ2v) is 7.67. The number of imidazole rings is 1. The van der Waals surface area contributed by atoms with Gasteiger partial charge in [0, 0.05) is 31.2 Å². The number of fused-ring (bicyclic) bond motifs is 3. The lowest BCUT2D eigenvalue weighted by Crippen LogP contribution is -2.21. The molecule has 1 N–H and O–H groups in total. The van der Waals surface area contributed by atoms with Gasteiger partial charge in [0.05, 0.1) is 34.1 Å². The number of nitrogens with zero attached hydrogens (tertiary/aromatic N) is 4. The van der Waals surface area contributed by atoms with E-state index in [9.17, 15) is 9.59 Å². The fraction of sp³-hybridized carbons (Fsp3) is 0.120. The van der Waals surface area contributed by atoms with Crippen LogP contribution in [0.1, 0.15) is 16.1 Å². The van der Waals surface area contributed by atoms with E-state index in [0.29, 0.717) is 5.56 Å². The molecule has 3 heterocycles. The molecule has 0 saturated carbocycles. The first-order chi connectivity index (χ1) is 15.5. The van der Waals surface area contributed by atoms with E-state index >= 15 is 0 Å². The Morgan fingerprint density at radius 3 is 2.47 bits per heavy atom. The molecular weight excluding hydrogens is 402 g/mol. The van der Waals surface area contributed by atoms with Crippen LogP contribution >= 0.6 is 0 Å². The summed E-state index contributed by atoms with van der Waals surface area (Å²) in [5.74, 6) is -0.124. The van der Waals surface area contributed by atoms with Crippen LogP contribution in [-0.2, 0) is 7.05 Å². The number of nitrogens with one attached hydrogen (secondary N) is 1. The Labute approximate surface area is 184 Å². The molecule has 32 heavy (non-hydrogen) atoms. The fourth-order valence-electron chi connectivity index (χ4n) is 4.07. The predicted molar refractivity (Wildman–Crippen MR) is 125 cm³/mol. The summed E-state index contributed by atoms with van der Waals surface area (Å²) >= 11 is 0. The van der Waals surface area contributed by atoms with Gasteiger partial charge in [-0.15, -0.1) is 0 Å². The lowest BCUT2D eigenvalue weighted by molar-refractivity contribution is 0.0963. The van der Waals surface area contributed by atoms with Crippen molar-refractivity contribution < 1.29 is 4.79 Å². The SMILES string of the molecule is CNC(=O)c1ccc(-c2ccc3ncc4c(c3c2)n(-c2cccnc2C)c(=O)n4C)cc1. The summed E-state index contributed by atoms with van der Waals surface area (Å²) in [5.41, 5.74) is 6.25. The first-order valence-corrected chi connectivity index (χ1v) is 10.2. The van der Waals surface area contributed by atoms with Gasteiger partial charge in [0.15, 0.2) is 0 Å². The van der Waals surface area contributed by atoms with Crippen molar-refractivity contribution in [3.63, 3.8) is 0 Å². The number of amides is 1. The van der Waals surface area contributed by atoms with Gasteiger partial charge in [-0.3, -0.25) is 23.9 Å². The van der Waals surface area contributed by atoms with E-state index in [2.05, 4.69) is 15.3 Å². The van der Waals surface area contributed by atoms with Crippen LogP contribution in [0.2, 0.25) is 0 Å². The number of carbonyl (C=O) groups is 1. The fourth-order valence-corrected chi connectivity index (χ4v) is 4.07. The zero-order valence-corrected chi connectivity index (χ0v) is 18.0.